The van der Waals surface area contributed by atoms with Crippen molar-refractivity contribution in [3.63, 3.8) is 0 Å². The third-order valence-electron chi connectivity index (χ3n) is 2.74. The Labute approximate surface area is 129 Å². The maximum absolute atomic E-state index is 13.2. The Kier molecular flexibility index (Phi) is 4.85. The summed E-state index contributed by atoms with van der Waals surface area (Å²) in [5.41, 5.74) is 1.20. The summed E-state index contributed by atoms with van der Waals surface area (Å²) in [4.78, 5) is 0. The minimum absolute atomic E-state index is 0.218. The van der Waals surface area contributed by atoms with Crippen LogP contribution in [0.25, 0.3) is 0 Å². The van der Waals surface area contributed by atoms with Gasteiger partial charge in [0.05, 0.1) is 6.10 Å². The van der Waals surface area contributed by atoms with E-state index in [4.69, 9.17) is 23.2 Å². The van der Waals surface area contributed by atoms with Crippen molar-refractivity contribution in [2.75, 3.05) is 0 Å². The monoisotopic (exact) mass is 362 g/mol. The van der Waals surface area contributed by atoms with Crippen LogP contribution in [-0.2, 0) is 6.42 Å². The summed E-state index contributed by atoms with van der Waals surface area (Å²) < 4.78 is 13.9. The molecule has 0 saturated carbocycles. The zero-order valence-corrected chi connectivity index (χ0v) is 12.8. The molecule has 1 atom stereocenters. The molecule has 0 bridgehead atoms. The van der Waals surface area contributed by atoms with Crippen LogP contribution in [-0.4, -0.2) is 5.11 Å². The maximum Gasteiger partial charge on any atom is 0.123 e. The van der Waals surface area contributed by atoms with Crippen molar-refractivity contribution >= 4 is 39.1 Å². The van der Waals surface area contributed by atoms with E-state index in [-0.39, 0.29) is 12.2 Å². The van der Waals surface area contributed by atoms with E-state index >= 15 is 0 Å². The molecule has 100 valence electrons. The minimum Gasteiger partial charge on any atom is -0.388 e. The van der Waals surface area contributed by atoms with E-state index < -0.39 is 6.10 Å². The zero-order valence-electron chi connectivity index (χ0n) is 9.71. The Balaban J connectivity index is 2.27. The molecule has 0 fully saturated rings. The molecule has 2 rings (SSSR count). The van der Waals surface area contributed by atoms with Crippen LogP contribution >= 0.6 is 39.1 Å². The van der Waals surface area contributed by atoms with Crippen molar-refractivity contribution in [1.29, 1.82) is 0 Å². The van der Waals surface area contributed by atoms with Gasteiger partial charge in [0.2, 0.25) is 0 Å². The van der Waals surface area contributed by atoms with Gasteiger partial charge in [-0.05, 0) is 47.5 Å². The lowest BCUT2D eigenvalue weighted by Crippen LogP contribution is -2.03. The number of benzene rings is 2. The van der Waals surface area contributed by atoms with E-state index in [2.05, 4.69) is 15.9 Å². The molecule has 2 aromatic carbocycles. The average molecular weight is 364 g/mol. The van der Waals surface area contributed by atoms with Crippen LogP contribution in [0.3, 0.4) is 0 Å². The number of hydrogen-bond donors (Lipinski definition) is 1. The average Bonchev–Trinajstić information content (AvgIpc) is 2.36. The van der Waals surface area contributed by atoms with Crippen molar-refractivity contribution in [2.24, 2.45) is 0 Å². The molecule has 1 N–H and O–H groups in total. The molecule has 0 aliphatic heterocycles. The van der Waals surface area contributed by atoms with E-state index in [9.17, 15) is 9.50 Å². The molecule has 1 nitrogen and oxygen atoms in total. The molecule has 0 aliphatic rings. The number of rotatable bonds is 3. The summed E-state index contributed by atoms with van der Waals surface area (Å²) >= 11 is 15.2. The lowest BCUT2D eigenvalue weighted by atomic mass is 10.0. The van der Waals surface area contributed by atoms with Crippen molar-refractivity contribution in [3.05, 3.63) is 67.9 Å². The van der Waals surface area contributed by atoms with Gasteiger partial charge in [-0.3, -0.25) is 0 Å². The van der Waals surface area contributed by atoms with Crippen molar-refractivity contribution in [3.8, 4) is 0 Å². The van der Waals surface area contributed by atoms with Crippen molar-refractivity contribution < 1.29 is 9.50 Å². The summed E-state index contributed by atoms with van der Waals surface area (Å²) in [7, 11) is 0. The summed E-state index contributed by atoms with van der Waals surface area (Å²) in [6, 6.07) is 9.23. The molecule has 0 spiro atoms. The molecular formula is C14H10BrCl2FO. The molecular weight excluding hydrogens is 354 g/mol. The van der Waals surface area contributed by atoms with Gasteiger partial charge >= 0.3 is 0 Å². The first kappa shape index (κ1) is 14.8. The van der Waals surface area contributed by atoms with Crippen molar-refractivity contribution in [2.45, 2.75) is 12.5 Å². The quantitative estimate of drug-likeness (QED) is 0.797. The normalized spacial score (nSPS) is 12.5. The summed E-state index contributed by atoms with van der Waals surface area (Å²) in [6.07, 6.45) is -0.595. The van der Waals surface area contributed by atoms with Gasteiger partial charge < -0.3 is 5.11 Å². The molecule has 0 heterocycles. The SMILES string of the molecule is OC(Cc1cc(F)ccc1Cl)c1cc(Cl)ccc1Br. The maximum atomic E-state index is 13.2. The Bertz CT molecular complexity index is 604. The van der Waals surface area contributed by atoms with E-state index in [0.717, 1.165) is 4.47 Å². The van der Waals surface area contributed by atoms with Gasteiger partial charge in [-0.15, -0.1) is 0 Å². The van der Waals surface area contributed by atoms with Crippen LogP contribution in [0, 0.1) is 5.82 Å². The van der Waals surface area contributed by atoms with Crippen LogP contribution in [0.2, 0.25) is 10.0 Å². The van der Waals surface area contributed by atoms with Crippen LogP contribution in [0.4, 0.5) is 4.39 Å². The van der Waals surface area contributed by atoms with Crippen LogP contribution in [0.15, 0.2) is 40.9 Å². The van der Waals surface area contributed by atoms with Gasteiger partial charge in [0.15, 0.2) is 0 Å². The predicted octanol–water partition coefficient (Wildman–Crippen LogP) is 5.17. The highest BCUT2D eigenvalue weighted by atomic mass is 79.9. The zero-order chi connectivity index (χ0) is 14.0. The highest BCUT2D eigenvalue weighted by Gasteiger charge is 2.15. The number of aliphatic hydroxyl groups excluding tert-OH is 1. The standard InChI is InChI=1S/C14H10BrCl2FO/c15-12-3-1-9(16)7-11(12)14(19)6-8-5-10(18)2-4-13(8)17/h1-5,7,14,19H,6H2. The molecule has 0 saturated heterocycles. The highest BCUT2D eigenvalue weighted by Crippen LogP contribution is 2.30. The van der Waals surface area contributed by atoms with Gasteiger partial charge in [0.25, 0.3) is 0 Å². The predicted molar refractivity (Wildman–Crippen MR) is 79.2 cm³/mol. The fraction of sp³-hybridized carbons (Fsp3) is 0.143. The third kappa shape index (κ3) is 3.69. The second-order valence-electron chi connectivity index (χ2n) is 4.12. The van der Waals surface area contributed by atoms with Gasteiger partial charge in [-0.2, -0.15) is 0 Å². The fourth-order valence-corrected chi connectivity index (χ4v) is 2.67. The molecule has 0 aromatic heterocycles. The van der Waals surface area contributed by atoms with E-state index in [1.54, 1.807) is 18.2 Å². The lowest BCUT2D eigenvalue weighted by Gasteiger charge is -2.14. The van der Waals surface area contributed by atoms with Gasteiger partial charge in [0.1, 0.15) is 5.82 Å². The smallest absolute Gasteiger partial charge is 0.123 e. The minimum atomic E-state index is -0.813. The highest BCUT2D eigenvalue weighted by molar-refractivity contribution is 9.10. The largest absolute Gasteiger partial charge is 0.388 e. The summed E-state index contributed by atoms with van der Waals surface area (Å²) in [5.74, 6) is -0.378. The molecule has 2 aromatic rings. The Morgan fingerprint density at radius 1 is 1.16 bits per heavy atom. The van der Waals surface area contributed by atoms with E-state index in [0.29, 0.717) is 21.2 Å². The Hall–Kier alpha value is -0.610. The number of halogens is 4. The van der Waals surface area contributed by atoms with Crippen molar-refractivity contribution in [1.82, 2.24) is 0 Å². The lowest BCUT2D eigenvalue weighted by molar-refractivity contribution is 0.177. The number of aliphatic hydroxyl groups is 1. The molecule has 19 heavy (non-hydrogen) atoms. The van der Waals surface area contributed by atoms with Gasteiger partial charge in [-0.1, -0.05) is 39.1 Å². The third-order valence-corrected chi connectivity index (χ3v) is 4.06. The molecule has 5 heteroatoms. The first-order chi connectivity index (χ1) is 8.97. The Morgan fingerprint density at radius 2 is 1.89 bits per heavy atom. The Morgan fingerprint density at radius 3 is 2.63 bits per heavy atom. The van der Waals surface area contributed by atoms with Crippen LogP contribution in [0.1, 0.15) is 17.2 Å². The summed E-state index contributed by atoms with van der Waals surface area (Å²) in [5, 5.41) is 11.2. The van der Waals surface area contributed by atoms with Crippen LogP contribution < -0.4 is 0 Å². The summed E-state index contributed by atoms with van der Waals surface area (Å²) in [6.45, 7) is 0. The molecule has 0 amide bonds. The second-order valence-corrected chi connectivity index (χ2v) is 5.82. The van der Waals surface area contributed by atoms with Gasteiger partial charge in [0, 0.05) is 20.9 Å². The first-order valence-electron chi connectivity index (χ1n) is 5.54. The van der Waals surface area contributed by atoms with E-state index in [1.165, 1.54) is 18.2 Å². The molecule has 0 radical (unpaired) electrons. The first-order valence-corrected chi connectivity index (χ1v) is 7.09. The van der Waals surface area contributed by atoms with E-state index in [1.807, 2.05) is 0 Å². The molecule has 0 aliphatic carbocycles. The second kappa shape index (κ2) is 6.23. The van der Waals surface area contributed by atoms with Gasteiger partial charge in [-0.25, -0.2) is 4.39 Å². The molecule has 1 unspecified atom stereocenters. The number of hydrogen-bond acceptors (Lipinski definition) is 1. The van der Waals surface area contributed by atoms with Crippen LogP contribution in [0.5, 0.6) is 0 Å². The topological polar surface area (TPSA) is 20.2 Å². The fourth-order valence-electron chi connectivity index (χ4n) is 1.79.